The predicted molar refractivity (Wildman–Crippen MR) is 101 cm³/mol. The molecular weight excluding hydrogens is 384 g/mol. The fraction of sp³-hybridized carbons (Fsp3) is 0. The lowest BCUT2D eigenvalue weighted by molar-refractivity contribution is 0.0692. The summed E-state index contributed by atoms with van der Waals surface area (Å²) in [5.74, 6) is -1.91. The highest BCUT2D eigenvalue weighted by Crippen LogP contribution is 2.18. The highest BCUT2D eigenvalue weighted by Gasteiger charge is 2.18. The summed E-state index contributed by atoms with van der Waals surface area (Å²) < 4.78 is 26.9. The summed E-state index contributed by atoms with van der Waals surface area (Å²) in [6.07, 6.45) is 2.80. The van der Waals surface area contributed by atoms with Gasteiger partial charge < -0.3 is 10.4 Å². The Kier molecular flexibility index (Phi) is 5.32. The van der Waals surface area contributed by atoms with Crippen LogP contribution in [0.15, 0.2) is 71.9 Å². The van der Waals surface area contributed by atoms with Crippen molar-refractivity contribution in [3.63, 3.8) is 0 Å². The second kappa shape index (κ2) is 7.84. The van der Waals surface area contributed by atoms with E-state index in [1.807, 2.05) is 0 Å². The molecule has 0 atom stereocenters. The van der Waals surface area contributed by atoms with E-state index in [1.54, 1.807) is 12.1 Å². The average molecular weight is 398 g/mol. The Morgan fingerprint density at radius 1 is 0.857 bits per heavy atom. The number of anilines is 2. The van der Waals surface area contributed by atoms with Gasteiger partial charge in [0.1, 0.15) is 0 Å². The van der Waals surface area contributed by atoms with Crippen LogP contribution in [0.3, 0.4) is 0 Å². The Labute approximate surface area is 160 Å². The molecule has 0 fully saturated rings. The number of hydrogen-bond donors (Lipinski definition) is 3. The summed E-state index contributed by atoms with van der Waals surface area (Å²) >= 11 is 0. The Morgan fingerprint density at radius 2 is 1.46 bits per heavy atom. The molecule has 0 saturated carbocycles. The quantitative estimate of drug-likeness (QED) is 0.579. The number of amides is 1. The molecule has 3 rings (SSSR count). The lowest BCUT2D eigenvalue weighted by atomic mass is 10.1. The van der Waals surface area contributed by atoms with Crippen molar-refractivity contribution >= 4 is 33.5 Å². The molecule has 3 N–H and O–H groups in total. The van der Waals surface area contributed by atoms with Crippen LogP contribution in [0.4, 0.5) is 11.6 Å². The molecule has 10 heteroatoms. The number of sulfonamides is 1. The standard InChI is InChI=1S/C18H14N4O5S/c23-16(14-4-1-2-5-15(14)17(24)25)21-12-6-8-13(9-7-12)28(26,27)22-18-19-10-3-11-20-18/h1-11H,(H,21,23)(H,24,25)(H,19,20,22). The van der Waals surface area contributed by atoms with Crippen LogP contribution in [0.25, 0.3) is 0 Å². The van der Waals surface area contributed by atoms with Gasteiger partial charge in [0.25, 0.3) is 15.9 Å². The molecule has 28 heavy (non-hydrogen) atoms. The van der Waals surface area contributed by atoms with Crippen molar-refractivity contribution in [2.45, 2.75) is 4.90 Å². The fourth-order valence-electron chi connectivity index (χ4n) is 2.31. The van der Waals surface area contributed by atoms with Crippen molar-refractivity contribution in [2.75, 3.05) is 10.0 Å². The summed E-state index contributed by atoms with van der Waals surface area (Å²) in [7, 11) is -3.89. The maximum Gasteiger partial charge on any atom is 0.336 e. The summed E-state index contributed by atoms with van der Waals surface area (Å²) in [6, 6.07) is 12.7. The normalized spacial score (nSPS) is 10.9. The SMILES string of the molecule is O=C(O)c1ccccc1C(=O)Nc1ccc(S(=O)(=O)Nc2ncccn2)cc1. The van der Waals surface area contributed by atoms with Gasteiger partial charge in [-0.1, -0.05) is 12.1 Å². The number of aromatic carboxylic acids is 1. The van der Waals surface area contributed by atoms with Gasteiger partial charge in [0.2, 0.25) is 5.95 Å². The van der Waals surface area contributed by atoms with Crippen LogP contribution >= 0.6 is 0 Å². The third-order valence-electron chi connectivity index (χ3n) is 3.62. The van der Waals surface area contributed by atoms with Crippen LogP contribution in [0.1, 0.15) is 20.7 Å². The van der Waals surface area contributed by atoms with E-state index in [9.17, 15) is 18.0 Å². The molecule has 0 saturated heterocycles. The van der Waals surface area contributed by atoms with E-state index in [1.165, 1.54) is 54.9 Å². The number of benzene rings is 2. The summed E-state index contributed by atoms with van der Waals surface area (Å²) in [5.41, 5.74) is 0.168. The Morgan fingerprint density at radius 3 is 2.07 bits per heavy atom. The molecule has 0 unspecified atom stereocenters. The minimum Gasteiger partial charge on any atom is -0.478 e. The van der Waals surface area contributed by atoms with Crippen molar-refractivity contribution in [1.29, 1.82) is 0 Å². The maximum atomic E-state index is 12.3. The van der Waals surface area contributed by atoms with Crippen LogP contribution < -0.4 is 10.0 Å². The summed E-state index contributed by atoms with van der Waals surface area (Å²) in [6.45, 7) is 0. The summed E-state index contributed by atoms with van der Waals surface area (Å²) in [5, 5.41) is 11.7. The van der Waals surface area contributed by atoms with Crippen LogP contribution in [0.5, 0.6) is 0 Å². The average Bonchev–Trinajstić information content (AvgIpc) is 2.69. The lowest BCUT2D eigenvalue weighted by Gasteiger charge is -2.09. The van der Waals surface area contributed by atoms with E-state index in [2.05, 4.69) is 20.0 Å². The monoisotopic (exact) mass is 398 g/mol. The third kappa shape index (κ3) is 4.30. The van der Waals surface area contributed by atoms with Gasteiger partial charge in [-0.2, -0.15) is 0 Å². The van der Waals surface area contributed by atoms with Crippen LogP contribution in [0.2, 0.25) is 0 Å². The van der Waals surface area contributed by atoms with Crippen LogP contribution in [-0.2, 0) is 10.0 Å². The van der Waals surface area contributed by atoms with Gasteiger partial charge in [-0.05, 0) is 42.5 Å². The molecule has 1 heterocycles. The number of carbonyl (C=O) groups is 2. The Hall–Kier alpha value is -3.79. The largest absolute Gasteiger partial charge is 0.478 e. The van der Waals surface area contributed by atoms with E-state index < -0.39 is 21.9 Å². The molecule has 0 bridgehead atoms. The molecule has 1 amide bonds. The van der Waals surface area contributed by atoms with Crippen LogP contribution in [0, 0.1) is 0 Å². The van der Waals surface area contributed by atoms with Gasteiger partial charge in [-0.25, -0.2) is 27.9 Å². The molecule has 0 aliphatic rings. The second-order valence-corrected chi connectivity index (χ2v) is 7.19. The van der Waals surface area contributed by atoms with E-state index in [4.69, 9.17) is 5.11 Å². The molecule has 0 radical (unpaired) electrons. The Balaban J connectivity index is 1.76. The number of carbonyl (C=O) groups excluding carboxylic acids is 1. The van der Waals surface area contributed by atoms with Gasteiger partial charge in [0.15, 0.2) is 0 Å². The first-order valence-corrected chi connectivity index (χ1v) is 9.39. The molecule has 142 valence electrons. The zero-order valence-corrected chi connectivity index (χ0v) is 15.1. The molecule has 3 aromatic rings. The Bertz CT molecular complexity index is 1120. The number of nitrogens with zero attached hydrogens (tertiary/aromatic N) is 2. The number of aromatic nitrogens is 2. The van der Waals surface area contributed by atoms with Crippen molar-refractivity contribution in [2.24, 2.45) is 0 Å². The number of hydrogen-bond acceptors (Lipinski definition) is 6. The first-order valence-electron chi connectivity index (χ1n) is 7.90. The first kappa shape index (κ1) is 19.0. The van der Waals surface area contributed by atoms with Crippen molar-refractivity contribution < 1.29 is 23.1 Å². The second-order valence-electron chi connectivity index (χ2n) is 5.51. The third-order valence-corrected chi connectivity index (χ3v) is 4.96. The van der Waals surface area contributed by atoms with E-state index in [0.717, 1.165) is 0 Å². The molecule has 1 aromatic heterocycles. The lowest BCUT2D eigenvalue weighted by Crippen LogP contribution is -2.17. The van der Waals surface area contributed by atoms with Crippen molar-refractivity contribution in [1.82, 2.24) is 9.97 Å². The molecular formula is C18H14N4O5S. The van der Waals surface area contributed by atoms with Gasteiger partial charge in [0.05, 0.1) is 16.0 Å². The first-order chi connectivity index (χ1) is 13.4. The maximum absolute atomic E-state index is 12.3. The van der Waals surface area contributed by atoms with Gasteiger partial charge in [-0.3, -0.25) is 4.79 Å². The molecule has 2 aromatic carbocycles. The minimum atomic E-state index is -3.89. The topological polar surface area (TPSA) is 138 Å². The number of carboxylic acids is 1. The van der Waals surface area contributed by atoms with Gasteiger partial charge in [0, 0.05) is 18.1 Å². The smallest absolute Gasteiger partial charge is 0.336 e. The summed E-state index contributed by atoms with van der Waals surface area (Å²) in [4.78, 5) is 31.1. The van der Waals surface area contributed by atoms with Crippen molar-refractivity contribution in [3.8, 4) is 0 Å². The zero-order valence-electron chi connectivity index (χ0n) is 14.2. The van der Waals surface area contributed by atoms with Gasteiger partial charge in [-0.15, -0.1) is 0 Å². The van der Waals surface area contributed by atoms with E-state index >= 15 is 0 Å². The molecule has 0 aliphatic carbocycles. The van der Waals surface area contributed by atoms with Crippen LogP contribution in [-0.4, -0.2) is 35.4 Å². The van der Waals surface area contributed by atoms with Gasteiger partial charge >= 0.3 is 5.97 Å². The molecule has 0 aliphatic heterocycles. The number of rotatable bonds is 6. The predicted octanol–water partition coefficient (Wildman–Crippen LogP) is 2.23. The van der Waals surface area contributed by atoms with Crippen molar-refractivity contribution in [3.05, 3.63) is 78.1 Å². The van der Waals surface area contributed by atoms with E-state index in [-0.39, 0.29) is 22.0 Å². The molecule has 0 spiro atoms. The highest BCUT2D eigenvalue weighted by molar-refractivity contribution is 7.92. The fourth-order valence-corrected chi connectivity index (χ4v) is 3.27. The zero-order chi connectivity index (χ0) is 20.1. The minimum absolute atomic E-state index is 0.00501. The number of nitrogens with one attached hydrogen (secondary N) is 2. The molecule has 9 nitrogen and oxygen atoms in total. The highest BCUT2D eigenvalue weighted by atomic mass is 32.2. The number of carboxylic acid groups (broad SMARTS) is 1. The van der Waals surface area contributed by atoms with E-state index in [0.29, 0.717) is 5.69 Å².